The van der Waals surface area contributed by atoms with Crippen LogP contribution in [0.4, 0.5) is 17.2 Å². The van der Waals surface area contributed by atoms with E-state index in [1.165, 1.54) is 0 Å². The van der Waals surface area contributed by atoms with Gasteiger partial charge in [0, 0.05) is 54.8 Å². The van der Waals surface area contributed by atoms with Gasteiger partial charge in [-0.3, -0.25) is 9.78 Å². The molecule has 0 unspecified atom stereocenters. The molecule has 7 nitrogen and oxygen atoms in total. The highest BCUT2D eigenvalue weighted by Gasteiger charge is 2.23. The van der Waals surface area contributed by atoms with Gasteiger partial charge in [0.05, 0.1) is 0 Å². The predicted octanol–water partition coefficient (Wildman–Crippen LogP) is 3.74. The number of benzene rings is 1. The van der Waals surface area contributed by atoms with Crippen LogP contribution in [0.3, 0.4) is 0 Å². The first kappa shape index (κ1) is 18.3. The number of aryl methyl sites for hydroxylation is 1. The number of carbonyl (C=O) groups excluding carboxylic acids is 1. The number of piperazine rings is 1. The van der Waals surface area contributed by atoms with E-state index in [9.17, 15) is 4.79 Å². The van der Waals surface area contributed by atoms with Crippen molar-refractivity contribution >= 4 is 34.7 Å². The molecule has 0 saturated carbocycles. The Morgan fingerprint density at radius 1 is 1.14 bits per heavy atom. The van der Waals surface area contributed by atoms with Gasteiger partial charge in [-0.05, 0) is 37.3 Å². The van der Waals surface area contributed by atoms with Crippen molar-refractivity contribution in [2.75, 3.05) is 36.4 Å². The van der Waals surface area contributed by atoms with Crippen LogP contribution in [0.15, 0.2) is 53.2 Å². The molecule has 3 heterocycles. The fourth-order valence-corrected chi connectivity index (χ4v) is 3.39. The number of aromatic nitrogens is 2. The molecule has 0 spiro atoms. The van der Waals surface area contributed by atoms with Crippen molar-refractivity contribution in [1.82, 2.24) is 15.0 Å². The zero-order valence-electron chi connectivity index (χ0n) is 15.4. The second-order valence-electron chi connectivity index (χ2n) is 6.64. The Balaban J connectivity index is 1.40. The SMILES string of the molecule is Cc1cc(Nc2ccnc(C(=O)N3CCN(c4cccc(Cl)c4)CC3)c2)no1. The first-order chi connectivity index (χ1) is 13.6. The van der Waals surface area contributed by atoms with E-state index in [2.05, 4.69) is 20.4 Å². The number of hydrogen-bond donors (Lipinski definition) is 1. The number of halogens is 1. The van der Waals surface area contributed by atoms with Crippen LogP contribution in [0.1, 0.15) is 16.2 Å². The van der Waals surface area contributed by atoms with Gasteiger partial charge in [0.25, 0.3) is 5.91 Å². The molecule has 0 radical (unpaired) electrons. The molecule has 0 aliphatic carbocycles. The van der Waals surface area contributed by atoms with Crippen molar-refractivity contribution in [3.05, 3.63) is 65.1 Å². The van der Waals surface area contributed by atoms with E-state index in [0.29, 0.717) is 35.4 Å². The first-order valence-corrected chi connectivity index (χ1v) is 9.42. The lowest BCUT2D eigenvalue weighted by Crippen LogP contribution is -2.49. The molecule has 1 fully saturated rings. The largest absolute Gasteiger partial charge is 0.368 e. The molecular formula is C20H20ClN5O2. The van der Waals surface area contributed by atoms with Crippen LogP contribution in [0.25, 0.3) is 0 Å². The summed E-state index contributed by atoms with van der Waals surface area (Å²) in [5.41, 5.74) is 2.22. The molecule has 1 aliphatic heterocycles. The molecule has 4 rings (SSSR count). The quantitative estimate of drug-likeness (QED) is 0.722. The maximum absolute atomic E-state index is 12.9. The first-order valence-electron chi connectivity index (χ1n) is 9.05. The van der Waals surface area contributed by atoms with Gasteiger partial charge < -0.3 is 19.6 Å². The summed E-state index contributed by atoms with van der Waals surface area (Å²) in [7, 11) is 0. The van der Waals surface area contributed by atoms with Gasteiger partial charge in [-0.15, -0.1) is 0 Å². The lowest BCUT2D eigenvalue weighted by atomic mass is 10.2. The third kappa shape index (κ3) is 4.09. The number of hydrogen-bond acceptors (Lipinski definition) is 6. The van der Waals surface area contributed by atoms with E-state index >= 15 is 0 Å². The molecule has 1 N–H and O–H groups in total. The zero-order chi connectivity index (χ0) is 19.5. The minimum atomic E-state index is -0.0780. The summed E-state index contributed by atoms with van der Waals surface area (Å²) in [6, 6.07) is 13.1. The Morgan fingerprint density at radius 3 is 2.68 bits per heavy atom. The van der Waals surface area contributed by atoms with Gasteiger partial charge in [0.1, 0.15) is 11.5 Å². The number of nitrogens with zero attached hydrogens (tertiary/aromatic N) is 4. The van der Waals surface area contributed by atoms with Crippen LogP contribution >= 0.6 is 11.6 Å². The Hall–Kier alpha value is -3.06. The Bertz CT molecular complexity index is 982. The number of rotatable bonds is 4. The summed E-state index contributed by atoms with van der Waals surface area (Å²) >= 11 is 6.08. The van der Waals surface area contributed by atoms with E-state index < -0.39 is 0 Å². The van der Waals surface area contributed by atoms with Gasteiger partial charge in [0.2, 0.25) is 0 Å². The summed E-state index contributed by atoms with van der Waals surface area (Å²) in [6.07, 6.45) is 1.62. The van der Waals surface area contributed by atoms with Crippen molar-refractivity contribution in [3.63, 3.8) is 0 Å². The molecule has 1 aliphatic rings. The molecule has 0 atom stereocenters. The van der Waals surface area contributed by atoms with Gasteiger partial charge >= 0.3 is 0 Å². The molecule has 8 heteroatoms. The maximum atomic E-state index is 12.9. The van der Waals surface area contributed by atoms with E-state index in [1.807, 2.05) is 36.1 Å². The minimum absolute atomic E-state index is 0.0780. The van der Waals surface area contributed by atoms with Gasteiger partial charge in [-0.25, -0.2) is 0 Å². The highest BCUT2D eigenvalue weighted by atomic mass is 35.5. The van der Waals surface area contributed by atoms with Crippen LogP contribution in [-0.4, -0.2) is 47.1 Å². The number of carbonyl (C=O) groups is 1. The number of anilines is 3. The van der Waals surface area contributed by atoms with Crippen LogP contribution in [0.5, 0.6) is 0 Å². The summed E-state index contributed by atoms with van der Waals surface area (Å²) in [6.45, 7) is 4.59. The molecule has 28 heavy (non-hydrogen) atoms. The van der Waals surface area contributed by atoms with E-state index in [1.54, 1.807) is 24.4 Å². The zero-order valence-corrected chi connectivity index (χ0v) is 16.2. The average molecular weight is 398 g/mol. The Kier molecular flexibility index (Phi) is 5.16. The number of nitrogens with one attached hydrogen (secondary N) is 1. The Labute approximate surface area is 167 Å². The topological polar surface area (TPSA) is 74.5 Å². The second kappa shape index (κ2) is 7.90. The van der Waals surface area contributed by atoms with E-state index in [4.69, 9.17) is 16.1 Å². The van der Waals surface area contributed by atoms with Gasteiger partial charge in [-0.1, -0.05) is 22.8 Å². The molecule has 144 valence electrons. The maximum Gasteiger partial charge on any atom is 0.272 e. The van der Waals surface area contributed by atoms with Crippen LogP contribution < -0.4 is 10.2 Å². The summed E-state index contributed by atoms with van der Waals surface area (Å²) in [4.78, 5) is 21.2. The highest BCUT2D eigenvalue weighted by molar-refractivity contribution is 6.30. The summed E-state index contributed by atoms with van der Waals surface area (Å²) in [5, 5.41) is 7.74. The predicted molar refractivity (Wildman–Crippen MR) is 108 cm³/mol. The third-order valence-corrected chi connectivity index (χ3v) is 4.85. The van der Waals surface area contributed by atoms with Crippen molar-refractivity contribution in [3.8, 4) is 0 Å². The molecule has 1 amide bonds. The standard InChI is InChI=1S/C20H20ClN5O2/c1-14-11-19(24-28-14)23-16-5-6-22-18(13-16)20(27)26-9-7-25(8-10-26)17-4-2-3-15(21)12-17/h2-6,11-13H,7-10H2,1H3,(H,22,23,24). The third-order valence-electron chi connectivity index (χ3n) is 4.62. The monoisotopic (exact) mass is 397 g/mol. The fourth-order valence-electron chi connectivity index (χ4n) is 3.20. The smallest absolute Gasteiger partial charge is 0.272 e. The lowest BCUT2D eigenvalue weighted by Gasteiger charge is -2.36. The van der Waals surface area contributed by atoms with Gasteiger partial charge in [0.15, 0.2) is 5.82 Å². The van der Waals surface area contributed by atoms with Crippen LogP contribution in [0.2, 0.25) is 5.02 Å². The van der Waals surface area contributed by atoms with Gasteiger partial charge in [-0.2, -0.15) is 0 Å². The van der Waals surface area contributed by atoms with Crippen molar-refractivity contribution in [2.45, 2.75) is 6.92 Å². The molecule has 1 aromatic carbocycles. The normalized spacial score (nSPS) is 14.2. The van der Waals surface area contributed by atoms with Crippen molar-refractivity contribution in [2.24, 2.45) is 0 Å². The van der Waals surface area contributed by atoms with Crippen molar-refractivity contribution < 1.29 is 9.32 Å². The Morgan fingerprint density at radius 2 is 1.96 bits per heavy atom. The minimum Gasteiger partial charge on any atom is -0.368 e. The van der Waals surface area contributed by atoms with E-state index in [0.717, 1.165) is 24.5 Å². The molecular weight excluding hydrogens is 378 g/mol. The van der Waals surface area contributed by atoms with Crippen LogP contribution in [0, 0.1) is 6.92 Å². The fraction of sp³-hybridized carbons (Fsp3) is 0.250. The molecule has 3 aromatic rings. The molecule has 1 saturated heterocycles. The second-order valence-corrected chi connectivity index (χ2v) is 7.07. The van der Waals surface area contributed by atoms with E-state index in [-0.39, 0.29) is 5.91 Å². The highest BCUT2D eigenvalue weighted by Crippen LogP contribution is 2.22. The van der Waals surface area contributed by atoms with Crippen LogP contribution in [-0.2, 0) is 0 Å². The molecule has 2 aromatic heterocycles. The number of amides is 1. The lowest BCUT2D eigenvalue weighted by molar-refractivity contribution is 0.0741. The van der Waals surface area contributed by atoms with Crippen molar-refractivity contribution in [1.29, 1.82) is 0 Å². The number of pyridine rings is 1. The summed E-state index contributed by atoms with van der Waals surface area (Å²) in [5.74, 6) is 1.23. The average Bonchev–Trinajstić information content (AvgIpc) is 3.12. The summed E-state index contributed by atoms with van der Waals surface area (Å²) < 4.78 is 5.05. The molecule has 0 bridgehead atoms.